The maximum atomic E-state index is 12.7. The number of nitriles is 1. The van der Waals surface area contributed by atoms with Crippen LogP contribution >= 0.6 is 11.3 Å². The van der Waals surface area contributed by atoms with Crippen molar-refractivity contribution in [1.82, 2.24) is 4.57 Å². The summed E-state index contributed by atoms with van der Waals surface area (Å²) < 4.78 is 2.76. The molecule has 0 saturated carbocycles. The zero-order valence-corrected chi connectivity index (χ0v) is 17.6. The second kappa shape index (κ2) is 7.35. The van der Waals surface area contributed by atoms with E-state index in [1.54, 1.807) is 0 Å². The molecule has 3 nitrogen and oxygen atoms in total. The summed E-state index contributed by atoms with van der Waals surface area (Å²) in [5.41, 5.74) is 5.92. The van der Waals surface area contributed by atoms with Crippen LogP contribution < -0.4 is 4.87 Å². The molecule has 3 aromatic carbocycles. The van der Waals surface area contributed by atoms with Crippen LogP contribution in [-0.4, -0.2) is 4.57 Å². The second-order valence-corrected chi connectivity index (χ2v) is 9.23. The van der Waals surface area contributed by atoms with E-state index >= 15 is 0 Å². The molecule has 0 unspecified atom stereocenters. The summed E-state index contributed by atoms with van der Waals surface area (Å²) in [6.45, 7) is 7.14. The van der Waals surface area contributed by atoms with Gasteiger partial charge in [-0.15, -0.1) is 0 Å². The van der Waals surface area contributed by atoms with E-state index in [1.807, 2.05) is 47.0 Å². The Morgan fingerprint density at radius 1 is 1.00 bits per heavy atom. The Morgan fingerprint density at radius 3 is 2.41 bits per heavy atom. The van der Waals surface area contributed by atoms with E-state index in [1.165, 1.54) is 16.9 Å². The van der Waals surface area contributed by atoms with E-state index in [4.69, 9.17) is 0 Å². The van der Waals surface area contributed by atoms with Crippen molar-refractivity contribution in [3.8, 4) is 17.2 Å². The maximum Gasteiger partial charge on any atom is 0.308 e. The summed E-state index contributed by atoms with van der Waals surface area (Å²) >= 11 is 1.25. The summed E-state index contributed by atoms with van der Waals surface area (Å²) in [5.74, 6) is 0. The molecule has 0 amide bonds. The van der Waals surface area contributed by atoms with Crippen LogP contribution in [-0.2, 0) is 12.0 Å². The fourth-order valence-corrected chi connectivity index (χ4v) is 4.44. The topological polar surface area (TPSA) is 45.8 Å². The molecule has 4 heteroatoms. The molecule has 0 N–H and O–H groups in total. The SMILES string of the molecule is CC(C)(C)c1ccc(Cn2c(=O)sc3cc(-c4ccccc4C#N)ccc32)cc1. The van der Waals surface area contributed by atoms with Gasteiger partial charge in [0.25, 0.3) is 0 Å². The summed E-state index contributed by atoms with van der Waals surface area (Å²) in [7, 11) is 0. The van der Waals surface area contributed by atoms with E-state index in [0.29, 0.717) is 12.1 Å². The molecule has 0 saturated heterocycles. The van der Waals surface area contributed by atoms with Gasteiger partial charge in [0.05, 0.1) is 28.4 Å². The van der Waals surface area contributed by atoms with Gasteiger partial charge in [0.2, 0.25) is 0 Å². The molecule has 0 spiro atoms. The Kier molecular flexibility index (Phi) is 4.86. The van der Waals surface area contributed by atoms with Gasteiger partial charge in [-0.1, -0.05) is 80.6 Å². The lowest BCUT2D eigenvalue weighted by atomic mass is 9.87. The van der Waals surface area contributed by atoms with Crippen LogP contribution in [0.25, 0.3) is 21.3 Å². The van der Waals surface area contributed by atoms with Gasteiger partial charge < -0.3 is 0 Å². The molecule has 144 valence electrons. The van der Waals surface area contributed by atoms with Crippen molar-refractivity contribution < 1.29 is 0 Å². The molecule has 0 atom stereocenters. The van der Waals surface area contributed by atoms with Crippen molar-refractivity contribution in [2.75, 3.05) is 0 Å². The molecule has 4 rings (SSSR count). The first kappa shape index (κ1) is 19.2. The molecule has 0 fully saturated rings. The highest BCUT2D eigenvalue weighted by Crippen LogP contribution is 2.29. The number of benzene rings is 3. The average molecular weight is 399 g/mol. The fraction of sp³-hybridized carbons (Fsp3) is 0.200. The molecule has 0 aliphatic rings. The quantitative estimate of drug-likeness (QED) is 0.428. The monoisotopic (exact) mass is 398 g/mol. The maximum absolute atomic E-state index is 12.7. The molecular formula is C25H22N2OS. The van der Waals surface area contributed by atoms with Crippen molar-refractivity contribution >= 4 is 21.6 Å². The van der Waals surface area contributed by atoms with E-state index in [9.17, 15) is 10.1 Å². The minimum Gasteiger partial charge on any atom is -0.294 e. The fourth-order valence-electron chi connectivity index (χ4n) is 3.51. The highest BCUT2D eigenvalue weighted by molar-refractivity contribution is 7.16. The van der Waals surface area contributed by atoms with Gasteiger partial charge in [-0.3, -0.25) is 9.36 Å². The van der Waals surface area contributed by atoms with Crippen LogP contribution in [0.4, 0.5) is 0 Å². The number of fused-ring (bicyclic) bond motifs is 1. The minimum atomic E-state index is 0.0330. The molecule has 4 aromatic rings. The van der Waals surface area contributed by atoms with Crippen molar-refractivity contribution in [3.63, 3.8) is 0 Å². The molecule has 0 aliphatic carbocycles. The van der Waals surface area contributed by atoms with E-state index < -0.39 is 0 Å². The van der Waals surface area contributed by atoms with Gasteiger partial charge in [-0.25, -0.2) is 0 Å². The third-order valence-corrected chi connectivity index (χ3v) is 6.13. The summed E-state index contributed by atoms with van der Waals surface area (Å²) in [6.07, 6.45) is 0. The highest BCUT2D eigenvalue weighted by Gasteiger charge is 2.14. The van der Waals surface area contributed by atoms with E-state index in [-0.39, 0.29) is 10.3 Å². The van der Waals surface area contributed by atoms with Gasteiger partial charge in [-0.2, -0.15) is 5.26 Å². The van der Waals surface area contributed by atoms with Crippen LogP contribution in [0.2, 0.25) is 0 Å². The third kappa shape index (κ3) is 3.74. The predicted octanol–water partition coefficient (Wildman–Crippen LogP) is 5.95. The van der Waals surface area contributed by atoms with Gasteiger partial charge in [0, 0.05) is 0 Å². The summed E-state index contributed by atoms with van der Waals surface area (Å²) in [6, 6.07) is 24.3. The molecular weight excluding hydrogens is 376 g/mol. The van der Waals surface area contributed by atoms with Crippen molar-refractivity contribution in [1.29, 1.82) is 5.26 Å². The van der Waals surface area contributed by atoms with Gasteiger partial charge in [0.1, 0.15) is 0 Å². The first-order valence-corrected chi connectivity index (χ1v) is 10.4. The van der Waals surface area contributed by atoms with Gasteiger partial charge in [-0.05, 0) is 45.9 Å². The highest BCUT2D eigenvalue weighted by atomic mass is 32.1. The second-order valence-electron chi connectivity index (χ2n) is 8.24. The van der Waals surface area contributed by atoms with Gasteiger partial charge >= 0.3 is 4.87 Å². The molecule has 29 heavy (non-hydrogen) atoms. The number of hydrogen-bond acceptors (Lipinski definition) is 3. The van der Waals surface area contributed by atoms with Crippen LogP contribution in [0.3, 0.4) is 0 Å². The Balaban J connectivity index is 1.71. The standard InChI is InChI=1S/C25H22N2OS/c1-25(2,3)20-11-8-17(9-12-20)16-27-22-13-10-18(14-23(22)29-24(27)28)21-7-5-4-6-19(21)15-26/h4-14H,16H2,1-3H3. The van der Waals surface area contributed by atoms with Crippen LogP contribution in [0.1, 0.15) is 37.5 Å². The first-order chi connectivity index (χ1) is 13.9. The number of rotatable bonds is 3. The van der Waals surface area contributed by atoms with Crippen LogP contribution in [0, 0.1) is 11.3 Å². The Labute approximate surface area is 174 Å². The van der Waals surface area contributed by atoms with Gasteiger partial charge in [0.15, 0.2) is 0 Å². The first-order valence-electron chi connectivity index (χ1n) is 9.59. The van der Waals surface area contributed by atoms with E-state index in [2.05, 4.69) is 51.1 Å². The largest absolute Gasteiger partial charge is 0.308 e. The third-order valence-electron chi connectivity index (χ3n) is 5.19. The lowest BCUT2D eigenvalue weighted by Crippen LogP contribution is -2.14. The predicted molar refractivity (Wildman–Crippen MR) is 120 cm³/mol. The Bertz CT molecular complexity index is 1280. The van der Waals surface area contributed by atoms with Crippen molar-refractivity contribution in [3.05, 3.63) is 93.1 Å². The van der Waals surface area contributed by atoms with Crippen molar-refractivity contribution in [2.24, 2.45) is 0 Å². The zero-order chi connectivity index (χ0) is 20.6. The van der Waals surface area contributed by atoms with E-state index in [0.717, 1.165) is 26.9 Å². The number of aromatic nitrogens is 1. The average Bonchev–Trinajstić information content (AvgIpc) is 3.02. The summed E-state index contributed by atoms with van der Waals surface area (Å²) in [5, 5.41) is 9.37. The molecule has 0 radical (unpaired) electrons. The zero-order valence-electron chi connectivity index (χ0n) is 16.8. The smallest absolute Gasteiger partial charge is 0.294 e. The number of thiazole rings is 1. The van der Waals surface area contributed by atoms with Crippen molar-refractivity contribution in [2.45, 2.75) is 32.7 Å². The van der Waals surface area contributed by atoms with Crippen LogP contribution in [0.5, 0.6) is 0 Å². The lowest BCUT2D eigenvalue weighted by molar-refractivity contribution is 0.590. The number of hydrogen-bond donors (Lipinski definition) is 0. The Morgan fingerprint density at radius 2 is 1.72 bits per heavy atom. The normalized spacial score (nSPS) is 11.5. The minimum absolute atomic E-state index is 0.0330. The lowest BCUT2D eigenvalue weighted by Gasteiger charge is -2.19. The Hall–Kier alpha value is -3.16. The summed E-state index contributed by atoms with van der Waals surface area (Å²) in [4.78, 5) is 12.7. The molecule has 1 aromatic heterocycles. The molecule has 1 heterocycles. The number of nitrogens with zero attached hydrogens (tertiary/aromatic N) is 2. The molecule has 0 bridgehead atoms. The molecule has 0 aliphatic heterocycles. The van der Waals surface area contributed by atoms with Crippen LogP contribution in [0.15, 0.2) is 71.5 Å².